The molecule has 5 nitrogen and oxygen atoms in total. The number of hydrogen-bond donors (Lipinski definition) is 1. The number of halogens is 1. The van der Waals surface area contributed by atoms with Crippen LogP contribution in [0.15, 0.2) is 23.6 Å². The van der Waals surface area contributed by atoms with E-state index in [0.29, 0.717) is 5.65 Å². The second-order valence-corrected chi connectivity index (χ2v) is 3.69. The fourth-order valence-corrected chi connectivity index (χ4v) is 1.65. The molecule has 0 aliphatic carbocycles. The summed E-state index contributed by atoms with van der Waals surface area (Å²) in [6.45, 7) is 0. The Morgan fingerprint density at radius 2 is 2.23 bits per heavy atom. The van der Waals surface area contributed by atoms with Gasteiger partial charge in [0.2, 0.25) is 0 Å². The summed E-state index contributed by atoms with van der Waals surface area (Å²) in [5.41, 5.74) is 0.297. The van der Waals surface area contributed by atoms with E-state index in [4.69, 9.17) is 0 Å². The molecule has 2 aromatic rings. The van der Waals surface area contributed by atoms with E-state index in [1.54, 1.807) is 0 Å². The number of aromatic nitrogens is 3. The SMILES string of the molecule is O=S(=O)(F)c1c[nH]c2ncncc12. The van der Waals surface area contributed by atoms with Crippen LogP contribution in [0.2, 0.25) is 0 Å². The van der Waals surface area contributed by atoms with Crippen LogP contribution in [0.5, 0.6) is 0 Å². The predicted molar refractivity (Wildman–Crippen MR) is 42.2 cm³/mol. The van der Waals surface area contributed by atoms with E-state index in [0.717, 1.165) is 6.20 Å². The van der Waals surface area contributed by atoms with E-state index in [-0.39, 0.29) is 5.39 Å². The molecular weight excluding hydrogens is 197 g/mol. The lowest BCUT2D eigenvalue weighted by atomic mass is 10.4. The third kappa shape index (κ3) is 1.26. The van der Waals surface area contributed by atoms with Gasteiger partial charge in [0.1, 0.15) is 16.9 Å². The maximum atomic E-state index is 12.6. The van der Waals surface area contributed by atoms with Gasteiger partial charge >= 0.3 is 10.2 Å². The van der Waals surface area contributed by atoms with Crippen molar-refractivity contribution in [1.29, 1.82) is 0 Å². The summed E-state index contributed by atoms with van der Waals surface area (Å²) in [5, 5.41) is 0.157. The Hall–Kier alpha value is -1.50. The van der Waals surface area contributed by atoms with E-state index >= 15 is 0 Å². The largest absolute Gasteiger partial charge is 0.345 e. The van der Waals surface area contributed by atoms with Crippen molar-refractivity contribution in [2.24, 2.45) is 0 Å². The van der Waals surface area contributed by atoms with Gasteiger partial charge in [0.15, 0.2) is 0 Å². The molecule has 0 bridgehead atoms. The van der Waals surface area contributed by atoms with Crippen LogP contribution in [0.25, 0.3) is 11.0 Å². The monoisotopic (exact) mass is 201 g/mol. The average molecular weight is 201 g/mol. The molecule has 0 amide bonds. The third-order valence-electron chi connectivity index (χ3n) is 1.58. The van der Waals surface area contributed by atoms with Gasteiger partial charge in [-0.15, -0.1) is 3.89 Å². The van der Waals surface area contributed by atoms with Crippen LogP contribution < -0.4 is 0 Å². The molecule has 0 radical (unpaired) electrons. The zero-order valence-corrected chi connectivity index (χ0v) is 7.05. The Labute approximate surface area is 72.8 Å². The second kappa shape index (κ2) is 2.49. The predicted octanol–water partition coefficient (Wildman–Crippen LogP) is 0.616. The lowest BCUT2D eigenvalue weighted by Crippen LogP contribution is -1.89. The Bertz CT molecular complexity index is 548. The second-order valence-electron chi connectivity index (χ2n) is 2.38. The fourth-order valence-electron chi connectivity index (χ4n) is 1.04. The quantitative estimate of drug-likeness (QED) is 0.686. The van der Waals surface area contributed by atoms with Gasteiger partial charge in [0, 0.05) is 12.4 Å². The molecule has 1 N–H and O–H groups in total. The standard InChI is InChI=1S/C6H4FN3O2S/c7-13(11,12)5-2-9-6-4(5)1-8-3-10-6/h1-3H,(H,8,9,10). The highest BCUT2D eigenvalue weighted by Gasteiger charge is 2.17. The molecule has 2 rings (SSSR count). The Morgan fingerprint density at radius 3 is 2.92 bits per heavy atom. The minimum Gasteiger partial charge on any atom is -0.345 e. The number of nitrogens with one attached hydrogen (secondary N) is 1. The lowest BCUT2D eigenvalue weighted by molar-refractivity contribution is 0.553. The first kappa shape index (κ1) is 8.11. The summed E-state index contributed by atoms with van der Waals surface area (Å²) in [5.74, 6) is 0. The van der Waals surface area contributed by atoms with Gasteiger partial charge in [0.05, 0.1) is 5.39 Å². The fraction of sp³-hybridized carbons (Fsp3) is 0. The van der Waals surface area contributed by atoms with Crippen LogP contribution in [0, 0.1) is 0 Å². The molecule has 2 aromatic heterocycles. The van der Waals surface area contributed by atoms with E-state index in [2.05, 4.69) is 15.0 Å². The van der Waals surface area contributed by atoms with E-state index in [1.165, 1.54) is 12.5 Å². The molecule has 0 saturated carbocycles. The summed E-state index contributed by atoms with van der Waals surface area (Å²) in [4.78, 5) is 9.41. The number of nitrogens with zero attached hydrogens (tertiary/aromatic N) is 2. The van der Waals surface area contributed by atoms with Crippen molar-refractivity contribution in [3.8, 4) is 0 Å². The molecule has 0 unspecified atom stereocenters. The van der Waals surface area contributed by atoms with Crippen LogP contribution in [0.1, 0.15) is 0 Å². The maximum absolute atomic E-state index is 12.6. The number of rotatable bonds is 1. The number of hydrogen-bond acceptors (Lipinski definition) is 4. The maximum Gasteiger partial charge on any atom is 0.334 e. The first-order valence-corrected chi connectivity index (χ1v) is 4.69. The van der Waals surface area contributed by atoms with E-state index in [9.17, 15) is 12.3 Å². The van der Waals surface area contributed by atoms with Crippen LogP contribution >= 0.6 is 0 Å². The van der Waals surface area contributed by atoms with E-state index in [1.807, 2.05) is 0 Å². The zero-order chi connectivity index (χ0) is 9.47. The van der Waals surface area contributed by atoms with Gasteiger partial charge in [-0.1, -0.05) is 0 Å². The van der Waals surface area contributed by atoms with Gasteiger partial charge in [-0.05, 0) is 0 Å². The normalized spacial score (nSPS) is 12.1. The highest BCUT2D eigenvalue weighted by Crippen LogP contribution is 2.21. The number of fused-ring (bicyclic) bond motifs is 1. The van der Waals surface area contributed by atoms with Gasteiger partial charge < -0.3 is 4.98 Å². The number of H-pyrrole nitrogens is 1. The molecule has 0 fully saturated rings. The van der Waals surface area contributed by atoms with Gasteiger partial charge in [-0.25, -0.2) is 9.97 Å². The topological polar surface area (TPSA) is 75.7 Å². The van der Waals surface area contributed by atoms with Crippen molar-refractivity contribution in [3.63, 3.8) is 0 Å². The lowest BCUT2D eigenvalue weighted by Gasteiger charge is -1.89. The molecule has 7 heteroatoms. The van der Waals surface area contributed by atoms with E-state index < -0.39 is 15.1 Å². The van der Waals surface area contributed by atoms with Crippen molar-refractivity contribution in [2.75, 3.05) is 0 Å². The molecular formula is C6H4FN3O2S. The molecule has 2 heterocycles. The highest BCUT2D eigenvalue weighted by atomic mass is 32.3. The van der Waals surface area contributed by atoms with Crippen molar-refractivity contribution in [1.82, 2.24) is 15.0 Å². The smallest absolute Gasteiger partial charge is 0.334 e. The summed E-state index contributed by atoms with van der Waals surface area (Å²) in [6, 6.07) is 0. The molecule has 0 atom stereocenters. The minimum absolute atomic E-state index is 0.157. The van der Waals surface area contributed by atoms with Gasteiger partial charge in [0.25, 0.3) is 0 Å². The first-order valence-electron chi connectivity index (χ1n) is 3.31. The Morgan fingerprint density at radius 1 is 1.46 bits per heavy atom. The summed E-state index contributed by atoms with van der Waals surface area (Å²) < 4.78 is 33.7. The van der Waals surface area contributed by atoms with Crippen LogP contribution in [0.3, 0.4) is 0 Å². The Kier molecular flexibility index (Phi) is 1.56. The third-order valence-corrected chi connectivity index (χ3v) is 2.44. The molecule has 0 aromatic carbocycles. The van der Waals surface area contributed by atoms with Crippen molar-refractivity contribution in [2.45, 2.75) is 4.90 Å². The average Bonchev–Trinajstić information content (AvgIpc) is 2.45. The van der Waals surface area contributed by atoms with Crippen LogP contribution in [-0.2, 0) is 10.2 Å². The van der Waals surface area contributed by atoms with Crippen LogP contribution in [-0.4, -0.2) is 23.4 Å². The van der Waals surface area contributed by atoms with Crippen molar-refractivity contribution in [3.05, 3.63) is 18.7 Å². The van der Waals surface area contributed by atoms with Crippen molar-refractivity contribution < 1.29 is 12.3 Å². The molecule has 0 aliphatic heterocycles. The zero-order valence-electron chi connectivity index (χ0n) is 6.23. The molecule has 68 valence electrons. The Balaban J connectivity index is 2.87. The molecule has 0 spiro atoms. The molecule has 0 saturated heterocycles. The molecule has 0 aliphatic rings. The van der Waals surface area contributed by atoms with Gasteiger partial charge in [-0.3, -0.25) is 0 Å². The minimum atomic E-state index is -4.70. The highest BCUT2D eigenvalue weighted by molar-refractivity contribution is 7.86. The molecule has 13 heavy (non-hydrogen) atoms. The van der Waals surface area contributed by atoms with Crippen molar-refractivity contribution >= 4 is 21.3 Å². The number of aromatic amines is 1. The summed E-state index contributed by atoms with van der Waals surface area (Å²) >= 11 is 0. The summed E-state index contributed by atoms with van der Waals surface area (Å²) in [6.07, 6.45) is 3.54. The van der Waals surface area contributed by atoms with Crippen LogP contribution in [0.4, 0.5) is 3.89 Å². The first-order chi connectivity index (χ1) is 6.09. The summed E-state index contributed by atoms with van der Waals surface area (Å²) in [7, 11) is -4.70. The van der Waals surface area contributed by atoms with Gasteiger partial charge in [-0.2, -0.15) is 8.42 Å².